The summed E-state index contributed by atoms with van der Waals surface area (Å²) >= 11 is 0. The largest absolute Gasteiger partial charge is 0.336 e. The predicted molar refractivity (Wildman–Crippen MR) is 67.4 cm³/mol. The van der Waals surface area contributed by atoms with E-state index in [-0.39, 0.29) is 24.2 Å². The van der Waals surface area contributed by atoms with E-state index in [2.05, 4.69) is 0 Å². The summed E-state index contributed by atoms with van der Waals surface area (Å²) in [5.41, 5.74) is 1.08. The molecule has 0 bridgehead atoms. The van der Waals surface area contributed by atoms with E-state index in [1.165, 1.54) is 6.92 Å². The zero-order chi connectivity index (χ0) is 12.8. The van der Waals surface area contributed by atoms with Gasteiger partial charge in [0, 0.05) is 12.6 Å². The van der Waals surface area contributed by atoms with Crippen LogP contribution < -0.4 is 0 Å². The third-order valence-corrected chi connectivity index (χ3v) is 2.54. The van der Waals surface area contributed by atoms with Gasteiger partial charge in [0.1, 0.15) is 5.78 Å². The number of carbonyl (C=O) groups excluding carboxylic acids is 2. The summed E-state index contributed by atoms with van der Waals surface area (Å²) in [4.78, 5) is 24.6. The van der Waals surface area contributed by atoms with Gasteiger partial charge >= 0.3 is 0 Å². The third kappa shape index (κ3) is 4.39. The third-order valence-electron chi connectivity index (χ3n) is 2.54. The van der Waals surface area contributed by atoms with Crippen LogP contribution in [0.3, 0.4) is 0 Å². The molecular formula is C14H19NO2. The Hall–Kier alpha value is -1.64. The smallest absolute Gasteiger partial charge is 0.230 e. The van der Waals surface area contributed by atoms with Crippen LogP contribution in [0.4, 0.5) is 0 Å². The van der Waals surface area contributed by atoms with E-state index in [1.807, 2.05) is 44.2 Å². The van der Waals surface area contributed by atoms with Crippen LogP contribution in [-0.2, 0) is 16.1 Å². The topological polar surface area (TPSA) is 37.4 Å². The Morgan fingerprint density at radius 3 is 2.24 bits per heavy atom. The number of Topliss-reactive ketones (excluding diaryl/α,β-unsaturated/α-hetero) is 1. The molecule has 0 aromatic heterocycles. The highest BCUT2D eigenvalue weighted by molar-refractivity contribution is 5.96. The summed E-state index contributed by atoms with van der Waals surface area (Å²) in [6, 6.07) is 9.90. The van der Waals surface area contributed by atoms with Crippen LogP contribution in [0, 0.1) is 0 Å². The SMILES string of the molecule is CC(=O)CC(=O)N(Cc1ccccc1)C(C)C. The van der Waals surface area contributed by atoms with Gasteiger partial charge < -0.3 is 4.90 Å². The summed E-state index contributed by atoms with van der Waals surface area (Å²) in [5.74, 6) is -0.190. The number of ketones is 1. The Morgan fingerprint density at radius 2 is 1.76 bits per heavy atom. The summed E-state index contributed by atoms with van der Waals surface area (Å²) in [5, 5.41) is 0. The zero-order valence-electron chi connectivity index (χ0n) is 10.6. The van der Waals surface area contributed by atoms with E-state index >= 15 is 0 Å². The highest BCUT2D eigenvalue weighted by Gasteiger charge is 2.18. The molecule has 0 heterocycles. The van der Waals surface area contributed by atoms with Crippen LogP contribution in [0.5, 0.6) is 0 Å². The molecule has 1 aromatic rings. The Kier molecular flexibility index (Phi) is 4.88. The van der Waals surface area contributed by atoms with Gasteiger partial charge in [0.15, 0.2) is 0 Å². The molecule has 0 saturated carbocycles. The van der Waals surface area contributed by atoms with E-state index in [9.17, 15) is 9.59 Å². The summed E-state index contributed by atoms with van der Waals surface area (Å²) in [6.45, 7) is 5.92. The average Bonchev–Trinajstić information content (AvgIpc) is 2.25. The lowest BCUT2D eigenvalue weighted by Gasteiger charge is -2.26. The average molecular weight is 233 g/mol. The second-order valence-corrected chi connectivity index (χ2v) is 4.48. The first-order chi connectivity index (χ1) is 8.00. The van der Waals surface area contributed by atoms with Gasteiger partial charge in [-0.1, -0.05) is 30.3 Å². The van der Waals surface area contributed by atoms with E-state index in [1.54, 1.807) is 4.90 Å². The molecule has 0 spiro atoms. The van der Waals surface area contributed by atoms with E-state index in [4.69, 9.17) is 0 Å². The van der Waals surface area contributed by atoms with Crippen molar-refractivity contribution in [3.8, 4) is 0 Å². The van der Waals surface area contributed by atoms with Gasteiger partial charge in [-0.05, 0) is 26.3 Å². The van der Waals surface area contributed by atoms with Crippen LogP contribution in [0.15, 0.2) is 30.3 Å². The van der Waals surface area contributed by atoms with Gasteiger partial charge in [-0.2, -0.15) is 0 Å². The molecule has 1 amide bonds. The van der Waals surface area contributed by atoms with Gasteiger partial charge in [-0.25, -0.2) is 0 Å². The summed E-state index contributed by atoms with van der Waals surface area (Å²) < 4.78 is 0. The quantitative estimate of drug-likeness (QED) is 0.732. The molecule has 3 nitrogen and oxygen atoms in total. The van der Waals surface area contributed by atoms with Gasteiger partial charge in [0.25, 0.3) is 0 Å². The molecule has 0 fully saturated rings. The first-order valence-electron chi connectivity index (χ1n) is 5.83. The molecule has 17 heavy (non-hydrogen) atoms. The highest BCUT2D eigenvalue weighted by atomic mass is 16.2. The molecule has 0 atom stereocenters. The molecule has 0 saturated heterocycles. The fourth-order valence-electron chi connectivity index (χ4n) is 1.65. The lowest BCUT2D eigenvalue weighted by molar-refractivity contribution is -0.136. The Morgan fingerprint density at radius 1 is 1.18 bits per heavy atom. The number of hydrogen-bond acceptors (Lipinski definition) is 2. The molecular weight excluding hydrogens is 214 g/mol. The minimum atomic E-state index is -0.101. The van der Waals surface area contributed by atoms with Gasteiger partial charge in [-0.3, -0.25) is 9.59 Å². The van der Waals surface area contributed by atoms with Crippen LogP contribution in [0.1, 0.15) is 32.8 Å². The standard InChI is InChI=1S/C14H19NO2/c1-11(2)15(14(17)9-12(3)16)10-13-7-5-4-6-8-13/h4-8,11H,9-10H2,1-3H3. The minimum Gasteiger partial charge on any atom is -0.336 e. The number of benzene rings is 1. The fourth-order valence-corrected chi connectivity index (χ4v) is 1.65. The lowest BCUT2D eigenvalue weighted by atomic mass is 10.1. The normalized spacial score (nSPS) is 10.4. The minimum absolute atomic E-state index is 0.00892. The molecule has 1 rings (SSSR count). The van der Waals surface area contributed by atoms with Crippen LogP contribution in [0.25, 0.3) is 0 Å². The van der Waals surface area contributed by atoms with Crippen molar-refractivity contribution < 1.29 is 9.59 Å². The van der Waals surface area contributed by atoms with Crippen molar-refractivity contribution in [2.75, 3.05) is 0 Å². The van der Waals surface area contributed by atoms with Crippen LogP contribution in [0.2, 0.25) is 0 Å². The fraction of sp³-hybridized carbons (Fsp3) is 0.429. The number of hydrogen-bond donors (Lipinski definition) is 0. The van der Waals surface area contributed by atoms with E-state index in [0.29, 0.717) is 6.54 Å². The Bertz CT molecular complexity index is 384. The van der Waals surface area contributed by atoms with Gasteiger partial charge in [0.05, 0.1) is 6.42 Å². The summed E-state index contributed by atoms with van der Waals surface area (Å²) in [6.07, 6.45) is -0.00892. The number of carbonyl (C=O) groups is 2. The predicted octanol–water partition coefficient (Wildman–Crippen LogP) is 2.40. The maximum Gasteiger partial charge on any atom is 0.230 e. The van der Waals surface area contributed by atoms with Crippen molar-refractivity contribution in [3.05, 3.63) is 35.9 Å². The molecule has 3 heteroatoms. The van der Waals surface area contributed by atoms with Gasteiger partial charge in [-0.15, -0.1) is 0 Å². The highest BCUT2D eigenvalue weighted by Crippen LogP contribution is 2.10. The van der Waals surface area contributed by atoms with Crippen molar-refractivity contribution in [2.24, 2.45) is 0 Å². The molecule has 0 aliphatic heterocycles. The Labute approximate surface area is 102 Å². The molecule has 0 aliphatic carbocycles. The molecule has 1 aromatic carbocycles. The monoisotopic (exact) mass is 233 g/mol. The van der Waals surface area contributed by atoms with Crippen LogP contribution in [-0.4, -0.2) is 22.6 Å². The molecule has 0 unspecified atom stereocenters. The maximum absolute atomic E-state index is 11.9. The van der Waals surface area contributed by atoms with Crippen molar-refractivity contribution >= 4 is 11.7 Å². The molecule has 0 aliphatic rings. The first kappa shape index (κ1) is 13.4. The van der Waals surface area contributed by atoms with E-state index in [0.717, 1.165) is 5.56 Å². The van der Waals surface area contributed by atoms with Crippen LogP contribution >= 0.6 is 0 Å². The molecule has 92 valence electrons. The van der Waals surface area contributed by atoms with Crippen molar-refractivity contribution in [3.63, 3.8) is 0 Å². The van der Waals surface area contributed by atoms with Crippen molar-refractivity contribution in [1.29, 1.82) is 0 Å². The molecule has 0 N–H and O–H groups in total. The first-order valence-corrected chi connectivity index (χ1v) is 5.83. The van der Waals surface area contributed by atoms with Crippen molar-refractivity contribution in [2.45, 2.75) is 39.8 Å². The lowest BCUT2D eigenvalue weighted by Crippen LogP contribution is -2.37. The summed E-state index contributed by atoms with van der Waals surface area (Å²) in [7, 11) is 0. The number of nitrogens with zero attached hydrogens (tertiary/aromatic N) is 1. The molecule has 0 radical (unpaired) electrons. The van der Waals surface area contributed by atoms with Crippen molar-refractivity contribution in [1.82, 2.24) is 4.90 Å². The number of amides is 1. The number of rotatable bonds is 5. The second kappa shape index (κ2) is 6.18. The maximum atomic E-state index is 11.9. The Balaban J connectivity index is 2.73. The van der Waals surface area contributed by atoms with Gasteiger partial charge in [0.2, 0.25) is 5.91 Å². The second-order valence-electron chi connectivity index (χ2n) is 4.48. The zero-order valence-corrected chi connectivity index (χ0v) is 10.6. The van der Waals surface area contributed by atoms with E-state index < -0.39 is 0 Å².